The fourth-order valence-corrected chi connectivity index (χ4v) is 12.8. The van der Waals surface area contributed by atoms with Gasteiger partial charge in [0.2, 0.25) is 0 Å². The standard InChI is InChI=1S/C76H144O17P2/c1-5-9-13-17-21-24-27-30-33-34-35-38-41-44-47-51-55-59-63-76(81)93-72(67-87-74(79)61-57-53-49-45-42-39-36-31-28-25-22-18-14-10-6-2)69-91-95(84,85)89-65-70(77)64-88-94(82,83)90-68-71(66-86-73(78)60-56-52-48-20-16-12-8-4)92-75(80)62-58-54-50-46-43-40-37-32-29-26-23-19-15-11-7-3/h25,28,31,36,70-72,77H,5-24,26-27,29-30,32-35,37-69H2,1-4H3,(H,82,83)(H,84,85)/b28-25-,36-31-/t70-,71+,72+/m0/s1. The van der Waals surface area contributed by atoms with Crippen LogP contribution in [0.15, 0.2) is 24.3 Å². The van der Waals surface area contributed by atoms with Crippen LogP contribution in [0, 0.1) is 0 Å². The molecule has 0 rings (SSSR count). The summed E-state index contributed by atoms with van der Waals surface area (Å²) in [5, 5.41) is 10.6. The molecular weight excluding hydrogens is 1250 g/mol. The number of rotatable bonds is 75. The van der Waals surface area contributed by atoms with E-state index in [1.54, 1.807) is 0 Å². The molecule has 0 spiro atoms. The van der Waals surface area contributed by atoms with Gasteiger partial charge in [0.05, 0.1) is 26.4 Å². The average Bonchev–Trinajstić information content (AvgIpc) is 1.86. The van der Waals surface area contributed by atoms with Crippen LogP contribution in [0.5, 0.6) is 0 Å². The second-order valence-electron chi connectivity index (χ2n) is 26.7. The quantitative estimate of drug-likeness (QED) is 0.0169. The zero-order valence-electron chi connectivity index (χ0n) is 61.1. The van der Waals surface area contributed by atoms with Crippen molar-refractivity contribution in [2.24, 2.45) is 0 Å². The van der Waals surface area contributed by atoms with Crippen LogP contribution in [-0.2, 0) is 65.4 Å². The van der Waals surface area contributed by atoms with E-state index in [-0.39, 0.29) is 25.7 Å². The van der Waals surface area contributed by atoms with Gasteiger partial charge < -0.3 is 33.8 Å². The SMILES string of the molecule is CCCCCC/C=C\C=C/CCCCCCCC(=O)OC[C@H](COP(=O)(O)OC[C@@H](O)COP(=O)(O)OC[C@@H](COC(=O)CCCCCCCCC)OC(=O)CCCCCCCCCCCCCCCCC)OC(=O)CCCCCCCCCCCCCCCCCCCC. The molecule has 0 aliphatic heterocycles. The molecule has 5 atom stereocenters. The predicted molar refractivity (Wildman–Crippen MR) is 386 cm³/mol. The number of allylic oxidation sites excluding steroid dienone is 4. The number of carbonyl (C=O) groups is 4. The lowest BCUT2D eigenvalue weighted by Crippen LogP contribution is -2.30. The number of aliphatic hydroxyl groups excluding tert-OH is 1. The van der Waals surface area contributed by atoms with E-state index in [2.05, 4.69) is 52.0 Å². The molecule has 0 amide bonds. The van der Waals surface area contributed by atoms with Gasteiger partial charge in [-0.3, -0.25) is 37.3 Å². The largest absolute Gasteiger partial charge is 0.472 e. The minimum absolute atomic E-state index is 0.102. The van der Waals surface area contributed by atoms with Gasteiger partial charge in [0.15, 0.2) is 12.2 Å². The highest BCUT2D eigenvalue weighted by atomic mass is 31.2. The van der Waals surface area contributed by atoms with Crippen molar-refractivity contribution in [2.75, 3.05) is 39.6 Å². The van der Waals surface area contributed by atoms with E-state index in [0.29, 0.717) is 25.7 Å². The van der Waals surface area contributed by atoms with Crippen LogP contribution >= 0.6 is 15.6 Å². The molecule has 17 nitrogen and oxygen atoms in total. The van der Waals surface area contributed by atoms with E-state index in [0.717, 1.165) is 122 Å². The fraction of sp³-hybridized carbons (Fsp3) is 0.895. The summed E-state index contributed by atoms with van der Waals surface area (Å²) >= 11 is 0. The van der Waals surface area contributed by atoms with Crippen molar-refractivity contribution in [3.8, 4) is 0 Å². The van der Waals surface area contributed by atoms with Gasteiger partial charge >= 0.3 is 39.5 Å². The number of hydrogen-bond acceptors (Lipinski definition) is 15. The van der Waals surface area contributed by atoms with E-state index in [9.17, 15) is 43.2 Å². The van der Waals surface area contributed by atoms with Crippen LogP contribution in [0.25, 0.3) is 0 Å². The number of ether oxygens (including phenoxy) is 4. The summed E-state index contributed by atoms with van der Waals surface area (Å²) in [7, 11) is -9.92. The number of hydrogen-bond donors (Lipinski definition) is 3. The molecule has 3 N–H and O–H groups in total. The molecule has 95 heavy (non-hydrogen) atoms. The molecule has 0 radical (unpaired) electrons. The third kappa shape index (κ3) is 69.8. The Morgan fingerprint density at radius 3 is 0.768 bits per heavy atom. The van der Waals surface area contributed by atoms with Crippen LogP contribution < -0.4 is 0 Å². The zero-order chi connectivity index (χ0) is 69.7. The monoisotopic (exact) mass is 1390 g/mol. The number of carbonyl (C=O) groups excluding carboxylic acids is 4. The predicted octanol–water partition coefficient (Wildman–Crippen LogP) is 22.2. The van der Waals surface area contributed by atoms with Gasteiger partial charge in [0, 0.05) is 25.7 Å². The first-order valence-corrected chi connectivity index (χ1v) is 42.1. The Labute approximate surface area is 580 Å². The molecule has 0 fully saturated rings. The van der Waals surface area contributed by atoms with E-state index in [1.807, 2.05) is 0 Å². The summed E-state index contributed by atoms with van der Waals surface area (Å²) in [6.45, 7) is 4.89. The van der Waals surface area contributed by atoms with Crippen molar-refractivity contribution < 1.29 is 80.2 Å². The molecule has 0 aromatic carbocycles. The molecule has 0 aliphatic carbocycles. The Morgan fingerprint density at radius 1 is 0.295 bits per heavy atom. The van der Waals surface area contributed by atoms with Crippen LogP contribution in [0.2, 0.25) is 0 Å². The Kier molecular flexibility index (Phi) is 68.2. The van der Waals surface area contributed by atoms with Crippen LogP contribution in [0.3, 0.4) is 0 Å². The molecule has 0 aliphatic rings. The Hall–Kier alpha value is -2.46. The van der Waals surface area contributed by atoms with Gasteiger partial charge in [0.25, 0.3) is 0 Å². The lowest BCUT2D eigenvalue weighted by Gasteiger charge is -2.21. The second kappa shape index (κ2) is 70.0. The average molecular weight is 1390 g/mol. The highest BCUT2D eigenvalue weighted by Gasteiger charge is 2.30. The topological polar surface area (TPSA) is 237 Å². The van der Waals surface area contributed by atoms with Crippen molar-refractivity contribution in [1.29, 1.82) is 0 Å². The van der Waals surface area contributed by atoms with E-state index in [1.165, 1.54) is 180 Å². The molecule has 2 unspecified atom stereocenters. The highest BCUT2D eigenvalue weighted by Crippen LogP contribution is 2.45. The first-order valence-electron chi connectivity index (χ1n) is 39.1. The molecule has 0 heterocycles. The molecule has 0 bridgehead atoms. The highest BCUT2D eigenvalue weighted by molar-refractivity contribution is 7.47. The Morgan fingerprint density at radius 2 is 0.505 bits per heavy atom. The van der Waals surface area contributed by atoms with Crippen molar-refractivity contribution in [3.63, 3.8) is 0 Å². The molecule has 0 saturated heterocycles. The van der Waals surface area contributed by atoms with Gasteiger partial charge in [-0.2, -0.15) is 0 Å². The lowest BCUT2D eigenvalue weighted by molar-refractivity contribution is -0.161. The van der Waals surface area contributed by atoms with Gasteiger partial charge in [-0.05, 0) is 51.4 Å². The summed E-state index contributed by atoms with van der Waals surface area (Å²) in [5.74, 6) is -2.15. The van der Waals surface area contributed by atoms with E-state index >= 15 is 0 Å². The number of phosphoric acid groups is 2. The van der Waals surface area contributed by atoms with Crippen molar-refractivity contribution in [3.05, 3.63) is 24.3 Å². The smallest absolute Gasteiger partial charge is 0.462 e. The summed E-state index contributed by atoms with van der Waals surface area (Å²) in [6, 6.07) is 0. The van der Waals surface area contributed by atoms with Crippen LogP contribution in [0.4, 0.5) is 0 Å². The molecule has 0 aromatic heterocycles. The van der Waals surface area contributed by atoms with Gasteiger partial charge in [-0.1, -0.05) is 328 Å². The maximum Gasteiger partial charge on any atom is 0.472 e. The Balaban J connectivity index is 5.22. The number of esters is 4. The third-order valence-electron chi connectivity index (χ3n) is 17.2. The second-order valence-corrected chi connectivity index (χ2v) is 29.6. The maximum absolute atomic E-state index is 13.1. The van der Waals surface area contributed by atoms with Crippen LogP contribution in [-0.4, -0.2) is 96.7 Å². The van der Waals surface area contributed by atoms with E-state index in [4.69, 9.17) is 37.0 Å². The Bertz CT molecular complexity index is 1900. The van der Waals surface area contributed by atoms with Gasteiger partial charge in [-0.25, -0.2) is 9.13 Å². The molecule has 560 valence electrons. The summed E-state index contributed by atoms with van der Waals surface area (Å²) in [4.78, 5) is 72.7. The molecular formula is C76H144O17P2. The minimum atomic E-state index is -4.96. The first kappa shape index (κ1) is 92.5. The number of phosphoric ester groups is 2. The fourth-order valence-electron chi connectivity index (χ4n) is 11.2. The number of unbranched alkanes of at least 4 members (excludes halogenated alkanes) is 46. The zero-order valence-corrected chi connectivity index (χ0v) is 62.9. The minimum Gasteiger partial charge on any atom is -0.462 e. The molecule has 19 heteroatoms. The first-order chi connectivity index (χ1) is 46.2. The third-order valence-corrected chi connectivity index (χ3v) is 19.1. The molecule has 0 aromatic rings. The van der Waals surface area contributed by atoms with E-state index < -0.39 is 97.5 Å². The molecule has 0 saturated carbocycles. The normalized spacial score (nSPS) is 14.1. The van der Waals surface area contributed by atoms with Gasteiger partial charge in [-0.15, -0.1) is 0 Å². The lowest BCUT2D eigenvalue weighted by atomic mass is 10.0. The van der Waals surface area contributed by atoms with Gasteiger partial charge in [0.1, 0.15) is 19.3 Å². The van der Waals surface area contributed by atoms with Crippen molar-refractivity contribution in [1.82, 2.24) is 0 Å². The van der Waals surface area contributed by atoms with Crippen LogP contribution in [0.1, 0.15) is 381 Å². The van der Waals surface area contributed by atoms with Crippen molar-refractivity contribution in [2.45, 2.75) is 399 Å². The summed E-state index contributed by atoms with van der Waals surface area (Å²) in [6.07, 6.45) is 63.3. The summed E-state index contributed by atoms with van der Waals surface area (Å²) in [5.41, 5.74) is 0. The van der Waals surface area contributed by atoms with Crippen molar-refractivity contribution >= 4 is 39.5 Å². The number of aliphatic hydroxyl groups is 1. The summed E-state index contributed by atoms with van der Waals surface area (Å²) < 4.78 is 68.4. The maximum atomic E-state index is 13.1.